The van der Waals surface area contributed by atoms with Crippen molar-refractivity contribution in [2.24, 2.45) is 0 Å². The Labute approximate surface area is 68.6 Å². The predicted octanol–water partition coefficient (Wildman–Crippen LogP) is 0.680. The zero-order valence-corrected chi connectivity index (χ0v) is 6.81. The molecule has 0 bridgehead atoms. The lowest BCUT2D eigenvalue weighted by molar-refractivity contribution is 0.151. The zero-order valence-electron chi connectivity index (χ0n) is 6.81. The maximum absolute atomic E-state index is 9.01. The summed E-state index contributed by atoms with van der Waals surface area (Å²) >= 11 is 0. The topological polar surface area (TPSA) is 63.8 Å². The Balaban J connectivity index is 2.88. The van der Waals surface area contributed by atoms with Gasteiger partial charge in [0.05, 0.1) is 11.9 Å². The van der Waals surface area contributed by atoms with E-state index in [2.05, 4.69) is 15.1 Å². The number of aryl methyl sites for hydroxylation is 2. The monoisotopic (exact) mass is 164 g/mol. The number of hydrogen-bond acceptors (Lipinski definition) is 4. The van der Waals surface area contributed by atoms with Crippen LogP contribution >= 0.6 is 0 Å². The van der Waals surface area contributed by atoms with E-state index in [0.717, 1.165) is 10.5 Å². The molecule has 0 aliphatic rings. The Bertz CT molecular complexity index is 434. The Hall–Kier alpha value is -1.65. The van der Waals surface area contributed by atoms with Crippen LogP contribution in [-0.4, -0.2) is 25.1 Å². The van der Waals surface area contributed by atoms with E-state index in [1.807, 2.05) is 6.92 Å². The molecule has 0 fully saturated rings. The molecule has 62 valence electrons. The van der Waals surface area contributed by atoms with Gasteiger partial charge in [0.1, 0.15) is 16.9 Å². The lowest BCUT2D eigenvalue weighted by Gasteiger charge is -1.93. The molecule has 2 aromatic rings. The maximum Gasteiger partial charge on any atom is 0.136 e. The molecule has 2 heterocycles. The van der Waals surface area contributed by atoms with Crippen molar-refractivity contribution in [2.75, 3.05) is 0 Å². The molecule has 0 aliphatic carbocycles. The molecule has 1 N–H and O–H groups in total. The summed E-state index contributed by atoms with van der Waals surface area (Å²) in [5, 5.41) is 12.8. The summed E-state index contributed by atoms with van der Waals surface area (Å²) in [6, 6.07) is 0. The Kier molecular flexibility index (Phi) is 1.27. The van der Waals surface area contributed by atoms with E-state index in [-0.39, 0.29) is 0 Å². The fraction of sp³-hybridized carbons (Fsp3) is 0.286. The van der Waals surface area contributed by atoms with Gasteiger partial charge in [0, 0.05) is 0 Å². The van der Waals surface area contributed by atoms with Gasteiger partial charge in [-0.2, -0.15) is 0 Å². The van der Waals surface area contributed by atoms with Crippen LogP contribution in [0.3, 0.4) is 0 Å². The highest BCUT2D eigenvalue weighted by atomic mass is 16.5. The quantitative estimate of drug-likeness (QED) is 0.581. The molecule has 5 heteroatoms. The van der Waals surface area contributed by atoms with Gasteiger partial charge in [0.25, 0.3) is 0 Å². The lowest BCUT2D eigenvalue weighted by atomic mass is 10.3. The van der Waals surface area contributed by atoms with Gasteiger partial charge in [-0.15, -0.1) is 9.94 Å². The molecule has 0 unspecified atom stereocenters. The van der Waals surface area contributed by atoms with Gasteiger partial charge >= 0.3 is 0 Å². The second-order valence-electron chi connectivity index (χ2n) is 2.64. The molecule has 0 saturated heterocycles. The largest absolute Gasteiger partial charge is 0.412 e. The SMILES string of the molecule is Cc1nc(C)c2nn(O)cc2n1. The first kappa shape index (κ1) is 7.02. The minimum absolute atomic E-state index is 0.642. The molecule has 0 aromatic carbocycles. The highest BCUT2D eigenvalue weighted by molar-refractivity contribution is 5.75. The molecule has 0 aliphatic heterocycles. The second kappa shape index (κ2) is 2.17. The number of aromatic nitrogens is 4. The van der Waals surface area contributed by atoms with Crippen LogP contribution in [0.15, 0.2) is 6.20 Å². The van der Waals surface area contributed by atoms with Gasteiger partial charge in [-0.05, 0) is 13.8 Å². The molecule has 0 saturated carbocycles. The third-order valence-corrected chi connectivity index (χ3v) is 1.64. The van der Waals surface area contributed by atoms with Crippen molar-refractivity contribution < 1.29 is 5.21 Å². The van der Waals surface area contributed by atoms with Gasteiger partial charge in [-0.1, -0.05) is 0 Å². The van der Waals surface area contributed by atoms with E-state index in [1.54, 1.807) is 6.92 Å². The molecule has 0 spiro atoms. The minimum atomic E-state index is 0.642. The summed E-state index contributed by atoms with van der Waals surface area (Å²) < 4.78 is 0. The smallest absolute Gasteiger partial charge is 0.136 e. The van der Waals surface area contributed by atoms with E-state index < -0.39 is 0 Å². The van der Waals surface area contributed by atoms with Crippen molar-refractivity contribution in [1.29, 1.82) is 0 Å². The van der Waals surface area contributed by atoms with Gasteiger partial charge in [-0.25, -0.2) is 9.97 Å². The summed E-state index contributed by atoms with van der Waals surface area (Å²) in [7, 11) is 0. The Morgan fingerprint density at radius 1 is 1.33 bits per heavy atom. The van der Waals surface area contributed by atoms with E-state index in [9.17, 15) is 0 Å². The predicted molar refractivity (Wildman–Crippen MR) is 42.0 cm³/mol. The van der Waals surface area contributed by atoms with Gasteiger partial charge in [0.2, 0.25) is 0 Å². The minimum Gasteiger partial charge on any atom is -0.412 e. The Morgan fingerprint density at radius 2 is 2.08 bits per heavy atom. The van der Waals surface area contributed by atoms with Crippen molar-refractivity contribution >= 4 is 11.0 Å². The van der Waals surface area contributed by atoms with Crippen molar-refractivity contribution in [3.8, 4) is 0 Å². The first-order valence-corrected chi connectivity index (χ1v) is 3.56. The summed E-state index contributed by atoms with van der Waals surface area (Å²) in [4.78, 5) is 8.98. The first-order valence-electron chi connectivity index (χ1n) is 3.56. The van der Waals surface area contributed by atoms with E-state index in [0.29, 0.717) is 16.9 Å². The highest BCUT2D eigenvalue weighted by Gasteiger charge is 2.05. The van der Waals surface area contributed by atoms with Gasteiger partial charge in [0.15, 0.2) is 0 Å². The molecule has 2 aromatic heterocycles. The average molecular weight is 164 g/mol. The molecular weight excluding hydrogens is 156 g/mol. The van der Waals surface area contributed by atoms with Crippen LogP contribution in [0.4, 0.5) is 0 Å². The van der Waals surface area contributed by atoms with Crippen LogP contribution in [0.25, 0.3) is 11.0 Å². The molecule has 5 nitrogen and oxygen atoms in total. The molecule has 12 heavy (non-hydrogen) atoms. The molecular formula is C7H8N4O. The van der Waals surface area contributed by atoms with Crippen LogP contribution in [0.1, 0.15) is 11.5 Å². The van der Waals surface area contributed by atoms with Crippen LogP contribution in [0, 0.1) is 13.8 Å². The van der Waals surface area contributed by atoms with Crippen LogP contribution in [0.5, 0.6) is 0 Å². The molecule has 0 amide bonds. The van der Waals surface area contributed by atoms with E-state index >= 15 is 0 Å². The standard InChI is InChI=1S/C7H8N4O/c1-4-7-6(3-11(12)10-7)9-5(2)8-4/h3,12H,1-2H3. The van der Waals surface area contributed by atoms with Crippen LogP contribution in [0.2, 0.25) is 0 Å². The van der Waals surface area contributed by atoms with E-state index in [4.69, 9.17) is 5.21 Å². The third kappa shape index (κ3) is 0.903. The third-order valence-electron chi connectivity index (χ3n) is 1.64. The van der Waals surface area contributed by atoms with Crippen LogP contribution < -0.4 is 0 Å². The summed E-state index contributed by atoms with van der Waals surface area (Å²) in [5.41, 5.74) is 2.09. The fourth-order valence-corrected chi connectivity index (χ4v) is 1.19. The second-order valence-corrected chi connectivity index (χ2v) is 2.64. The highest BCUT2D eigenvalue weighted by Crippen LogP contribution is 2.11. The number of hydrogen-bond donors (Lipinski definition) is 1. The van der Waals surface area contributed by atoms with Crippen molar-refractivity contribution in [2.45, 2.75) is 13.8 Å². The number of fused-ring (bicyclic) bond motifs is 1. The van der Waals surface area contributed by atoms with Gasteiger partial charge in [-0.3, -0.25) is 0 Å². The van der Waals surface area contributed by atoms with Gasteiger partial charge < -0.3 is 5.21 Å². The Morgan fingerprint density at radius 3 is 2.83 bits per heavy atom. The van der Waals surface area contributed by atoms with Crippen molar-refractivity contribution in [3.63, 3.8) is 0 Å². The lowest BCUT2D eigenvalue weighted by Crippen LogP contribution is -1.92. The number of nitrogens with zero attached hydrogens (tertiary/aromatic N) is 4. The summed E-state index contributed by atoms with van der Waals surface area (Å²) in [6.07, 6.45) is 1.46. The summed E-state index contributed by atoms with van der Waals surface area (Å²) in [5.74, 6) is 0.688. The van der Waals surface area contributed by atoms with E-state index in [1.165, 1.54) is 6.20 Å². The first-order chi connectivity index (χ1) is 5.66. The molecule has 0 atom stereocenters. The molecule has 0 radical (unpaired) electrons. The zero-order chi connectivity index (χ0) is 8.72. The summed E-state index contributed by atoms with van der Waals surface area (Å²) in [6.45, 7) is 3.64. The average Bonchev–Trinajstić information content (AvgIpc) is 2.29. The fourth-order valence-electron chi connectivity index (χ4n) is 1.19. The maximum atomic E-state index is 9.01. The molecule has 2 rings (SSSR count). The normalized spacial score (nSPS) is 10.8. The van der Waals surface area contributed by atoms with Crippen molar-refractivity contribution in [1.82, 2.24) is 19.9 Å². The number of rotatable bonds is 0. The van der Waals surface area contributed by atoms with Crippen LogP contribution in [-0.2, 0) is 0 Å². The van der Waals surface area contributed by atoms with Crippen molar-refractivity contribution in [3.05, 3.63) is 17.7 Å².